The van der Waals surface area contributed by atoms with Gasteiger partial charge in [-0.25, -0.2) is 4.79 Å². The van der Waals surface area contributed by atoms with E-state index in [4.69, 9.17) is 25.2 Å². The lowest BCUT2D eigenvalue weighted by molar-refractivity contribution is -0.170. The number of hydrogen-bond donors (Lipinski definition) is 4. The van der Waals surface area contributed by atoms with E-state index >= 15 is 0 Å². The highest BCUT2D eigenvalue weighted by atomic mass is 32.1. The van der Waals surface area contributed by atoms with Gasteiger partial charge in [-0.2, -0.15) is 0 Å². The van der Waals surface area contributed by atoms with Gasteiger partial charge in [0, 0.05) is 47.1 Å². The average molecular weight is 616 g/mol. The molecule has 1 aliphatic heterocycles. The van der Waals surface area contributed by atoms with Gasteiger partial charge in [-0.1, -0.05) is 6.07 Å². The zero-order chi connectivity index (χ0) is 31.8. The first-order chi connectivity index (χ1) is 20.2. The second kappa shape index (κ2) is 14.3. The Morgan fingerprint density at radius 3 is 2.35 bits per heavy atom. The van der Waals surface area contributed by atoms with Gasteiger partial charge in [-0.15, -0.1) is 11.3 Å². The summed E-state index contributed by atoms with van der Waals surface area (Å²) in [7, 11) is 0. The molecule has 0 unspecified atom stereocenters. The molecular formula is C31H41N3O8S. The normalized spacial score (nSPS) is 17.4. The maximum Gasteiger partial charge on any atom is 0.336 e. The molecule has 0 spiro atoms. The number of aliphatic carboxylic acids is 3. The summed E-state index contributed by atoms with van der Waals surface area (Å²) >= 11 is 1.88. The van der Waals surface area contributed by atoms with E-state index in [0.717, 1.165) is 50.4 Å². The number of carboxylic acids is 3. The minimum absolute atomic E-state index is 0.0316. The van der Waals surface area contributed by atoms with Crippen LogP contribution in [0.5, 0.6) is 0 Å². The Kier molecular flexibility index (Phi) is 11.4. The molecule has 0 aliphatic carbocycles. The molecule has 234 valence electrons. The average Bonchev–Trinajstić information content (AvgIpc) is 3.56. The van der Waals surface area contributed by atoms with Crippen molar-refractivity contribution in [2.75, 3.05) is 26.3 Å². The van der Waals surface area contributed by atoms with E-state index in [-0.39, 0.29) is 11.0 Å². The first-order valence-corrected chi connectivity index (χ1v) is 15.0. The summed E-state index contributed by atoms with van der Waals surface area (Å²) in [5, 5.41) is 33.8. The molecule has 0 bridgehead atoms. The molecule has 0 aromatic carbocycles. The van der Waals surface area contributed by atoms with E-state index in [9.17, 15) is 14.4 Å². The highest BCUT2D eigenvalue weighted by Gasteiger charge is 2.44. The van der Waals surface area contributed by atoms with Crippen LogP contribution in [-0.2, 0) is 31.1 Å². The molecule has 1 aliphatic rings. The maximum atomic E-state index is 10.3. The first-order valence-electron chi connectivity index (χ1n) is 14.2. The van der Waals surface area contributed by atoms with Gasteiger partial charge >= 0.3 is 17.9 Å². The van der Waals surface area contributed by atoms with Crippen molar-refractivity contribution in [2.24, 2.45) is 5.41 Å². The number of aromatic nitrogens is 2. The molecule has 0 radical (unpaired) electrons. The molecular weight excluding hydrogens is 574 g/mol. The number of carbonyl (C=O) groups is 3. The summed E-state index contributed by atoms with van der Waals surface area (Å²) in [6.45, 7) is 12.6. The van der Waals surface area contributed by atoms with Gasteiger partial charge in [-0.05, 0) is 83.3 Å². The monoisotopic (exact) mass is 615 g/mol. The van der Waals surface area contributed by atoms with Crippen LogP contribution in [0.25, 0.3) is 10.2 Å². The second-order valence-corrected chi connectivity index (χ2v) is 12.8. The summed E-state index contributed by atoms with van der Waals surface area (Å²) in [6, 6.07) is 10.8. The third kappa shape index (κ3) is 9.02. The SMILES string of the molecule is CCOC[C@@]1(CCc2cc3ncccc3s2)CCN(C(C)(C)c2ccc(C)nc2)C1.O=C(O)CC(O)(CC(=O)O)C(=O)O. The van der Waals surface area contributed by atoms with Crippen molar-refractivity contribution >= 4 is 39.5 Å². The molecule has 1 atom stereocenters. The number of nitrogens with zero attached hydrogens (tertiary/aromatic N) is 3. The van der Waals surface area contributed by atoms with Crippen LogP contribution in [0.4, 0.5) is 0 Å². The number of thiophene rings is 1. The number of aryl methyl sites for hydroxylation is 2. The number of ether oxygens (including phenoxy) is 1. The molecule has 1 fully saturated rings. The van der Waals surface area contributed by atoms with Crippen molar-refractivity contribution in [3.05, 3.63) is 58.9 Å². The van der Waals surface area contributed by atoms with Crippen molar-refractivity contribution in [1.82, 2.24) is 14.9 Å². The number of carboxylic acid groups (broad SMARTS) is 3. The van der Waals surface area contributed by atoms with Crippen LogP contribution in [0.2, 0.25) is 0 Å². The van der Waals surface area contributed by atoms with E-state index in [0.29, 0.717) is 0 Å². The summed E-state index contributed by atoms with van der Waals surface area (Å²) in [4.78, 5) is 43.6. The molecule has 3 aromatic heterocycles. The van der Waals surface area contributed by atoms with Crippen molar-refractivity contribution in [2.45, 2.75) is 70.9 Å². The molecule has 4 N–H and O–H groups in total. The van der Waals surface area contributed by atoms with Crippen molar-refractivity contribution in [1.29, 1.82) is 0 Å². The topological polar surface area (TPSA) is 170 Å². The van der Waals surface area contributed by atoms with Crippen LogP contribution >= 0.6 is 11.3 Å². The Hall–Kier alpha value is -3.45. The molecule has 43 heavy (non-hydrogen) atoms. The zero-order valence-corrected chi connectivity index (χ0v) is 25.9. The number of rotatable bonds is 13. The maximum absolute atomic E-state index is 10.3. The molecule has 0 saturated carbocycles. The number of pyridine rings is 2. The third-order valence-corrected chi connectivity index (χ3v) is 9.13. The Morgan fingerprint density at radius 2 is 1.79 bits per heavy atom. The summed E-state index contributed by atoms with van der Waals surface area (Å²) in [6.07, 6.45) is 5.06. The summed E-state index contributed by atoms with van der Waals surface area (Å²) in [5.41, 5.74) is 0.913. The van der Waals surface area contributed by atoms with Crippen LogP contribution in [0, 0.1) is 12.3 Å². The van der Waals surface area contributed by atoms with Crippen LogP contribution in [0.3, 0.4) is 0 Å². The van der Waals surface area contributed by atoms with Gasteiger partial charge in [0.2, 0.25) is 0 Å². The number of hydrogen-bond acceptors (Lipinski definition) is 9. The molecule has 12 heteroatoms. The number of aliphatic hydroxyl groups is 1. The largest absolute Gasteiger partial charge is 0.481 e. The van der Waals surface area contributed by atoms with E-state index in [1.807, 2.05) is 36.7 Å². The van der Waals surface area contributed by atoms with Crippen LogP contribution in [-0.4, -0.2) is 85.1 Å². The van der Waals surface area contributed by atoms with Gasteiger partial charge in [0.15, 0.2) is 5.60 Å². The lowest BCUT2D eigenvalue weighted by Gasteiger charge is -2.38. The highest BCUT2D eigenvalue weighted by Crippen LogP contribution is 2.42. The van der Waals surface area contributed by atoms with Gasteiger partial charge in [-0.3, -0.25) is 24.5 Å². The van der Waals surface area contributed by atoms with Crippen molar-refractivity contribution < 1.29 is 39.5 Å². The van der Waals surface area contributed by atoms with E-state index < -0.39 is 36.4 Å². The quantitative estimate of drug-likeness (QED) is 0.216. The lowest BCUT2D eigenvalue weighted by atomic mass is 9.82. The Bertz CT molecular complexity index is 1360. The standard InChI is InChI=1S/C25H33N3OS.C6H8O7/c1-5-29-18-25(11-10-21-15-22-23(30-21)7-6-13-26-22)12-14-28(17-25)24(3,4)20-9-8-19(2)27-16-20;7-3(8)1-6(13,5(11)12)2-4(9)10/h6-9,13,15-16H,5,10-12,14,17-18H2,1-4H3;13H,1-2H2,(H,7,8)(H,9,10)(H,11,12)/t25-;/m0./s1. The van der Waals surface area contributed by atoms with E-state index in [2.05, 4.69) is 59.9 Å². The predicted molar refractivity (Wildman–Crippen MR) is 162 cm³/mol. The zero-order valence-electron chi connectivity index (χ0n) is 25.1. The molecule has 3 aromatic rings. The second-order valence-electron chi connectivity index (χ2n) is 11.6. The van der Waals surface area contributed by atoms with Crippen LogP contribution in [0.1, 0.15) is 62.6 Å². The van der Waals surface area contributed by atoms with Crippen LogP contribution < -0.4 is 0 Å². The Morgan fingerprint density at radius 1 is 1.09 bits per heavy atom. The first kappa shape index (κ1) is 34.0. The predicted octanol–water partition coefficient (Wildman–Crippen LogP) is 4.35. The van der Waals surface area contributed by atoms with E-state index in [1.54, 1.807) is 0 Å². The fourth-order valence-corrected chi connectivity index (χ4v) is 6.30. The minimum Gasteiger partial charge on any atom is -0.481 e. The minimum atomic E-state index is -2.74. The number of fused-ring (bicyclic) bond motifs is 1. The summed E-state index contributed by atoms with van der Waals surface area (Å²) < 4.78 is 7.29. The van der Waals surface area contributed by atoms with Gasteiger partial charge in [0.25, 0.3) is 0 Å². The van der Waals surface area contributed by atoms with Gasteiger partial charge < -0.3 is 25.2 Å². The Balaban J connectivity index is 0.000000331. The molecule has 4 heterocycles. The van der Waals surface area contributed by atoms with Crippen molar-refractivity contribution in [3.63, 3.8) is 0 Å². The van der Waals surface area contributed by atoms with Crippen LogP contribution in [0.15, 0.2) is 42.7 Å². The highest BCUT2D eigenvalue weighted by molar-refractivity contribution is 7.19. The lowest BCUT2D eigenvalue weighted by Crippen LogP contribution is -2.42. The van der Waals surface area contributed by atoms with E-state index in [1.165, 1.54) is 21.6 Å². The fraction of sp³-hybridized carbons (Fsp3) is 0.516. The molecule has 1 saturated heterocycles. The third-order valence-electron chi connectivity index (χ3n) is 7.98. The van der Waals surface area contributed by atoms with Gasteiger partial charge in [0.1, 0.15) is 0 Å². The Labute approximate surface area is 255 Å². The smallest absolute Gasteiger partial charge is 0.336 e. The molecule has 4 rings (SSSR count). The molecule has 11 nitrogen and oxygen atoms in total. The van der Waals surface area contributed by atoms with Crippen molar-refractivity contribution in [3.8, 4) is 0 Å². The molecule has 0 amide bonds. The summed E-state index contributed by atoms with van der Waals surface area (Å²) in [5.74, 6) is -5.02. The fourth-order valence-electron chi connectivity index (χ4n) is 5.28. The number of likely N-dealkylation sites (tertiary alicyclic amines) is 1. The van der Waals surface area contributed by atoms with Gasteiger partial charge in [0.05, 0.1) is 29.7 Å².